The first-order chi connectivity index (χ1) is 9.52. The van der Waals surface area contributed by atoms with E-state index in [0.717, 1.165) is 0 Å². The summed E-state index contributed by atoms with van der Waals surface area (Å²) in [5, 5.41) is 0.896. The molecule has 0 fully saturated rings. The van der Waals surface area contributed by atoms with Crippen LogP contribution in [0.5, 0.6) is 0 Å². The van der Waals surface area contributed by atoms with E-state index >= 15 is 0 Å². The Morgan fingerprint density at radius 2 is 1.75 bits per heavy atom. The van der Waals surface area contributed by atoms with Gasteiger partial charge in [-0.25, -0.2) is 8.78 Å². The zero-order valence-corrected chi connectivity index (χ0v) is 11.8. The van der Waals surface area contributed by atoms with E-state index in [1.807, 2.05) is 0 Å². The van der Waals surface area contributed by atoms with Gasteiger partial charge in [0, 0.05) is 15.6 Å². The van der Waals surface area contributed by atoms with Gasteiger partial charge in [0.05, 0.1) is 6.04 Å². The Hall–Kier alpha value is -1.20. The second-order valence-corrected chi connectivity index (χ2v) is 5.13. The number of hydrogen-bond acceptors (Lipinski definition) is 2. The summed E-state index contributed by atoms with van der Waals surface area (Å²) in [4.78, 5) is 0. The van der Waals surface area contributed by atoms with E-state index in [4.69, 9.17) is 29.0 Å². The van der Waals surface area contributed by atoms with Crippen molar-refractivity contribution in [1.29, 1.82) is 0 Å². The molecule has 3 N–H and O–H groups in total. The molecule has 0 aromatic heterocycles. The molecule has 0 amide bonds. The van der Waals surface area contributed by atoms with Crippen molar-refractivity contribution in [2.24, 2.45) is 5.84 Å². The smallest absolute Gasteiger partial charge is 0.129 e. The van der Waals surface area contributed by atoms with E-state index in [-0.39, 0.29) is 12.0 Å². The quantitative estimate of drug-likeness (QED) is 0.660. The van der Waals surface area contributed by atoms with Crippen LogP contribution < -0.4 is 11.3 Å². The number of benzene rings is 2. The SMILES string of the molecule is NNC(Cc1c(F)cccc1F)c1cc(Cl)ccc1Cl. The summed E-state index contributed by atoms with van der Waals surface area (Å²) in [6, 6.07) is 8.02. The van der Waals surface area contributed by atoms with Crippen LogP contribution in [0.1, 0.15) is 17.2 Å². The molecule has 0 heterocycles. The van der Waals surface area contributed by atoms with Crippen LogP contribution in [0.25, 0.3) is 0 Å². The molecule has 2 rings (SSSR count). The lowest BCUT2D eigenvalue weighted by molar-refractivity contribution is 0.500. The summed E-state index contributed by atoms with van der Waals surface area (Å²) < 4.78 is 27.4. The molecular formula is C14H12Cl2F2N2. The van der Waals surface area contributed by atoms with Crippen LogP contribution in [0.2, 0.25) is 10.0 Å². The summed E-state index contributed by atoms with van der Waals surface area (Å²) in [5.41, 5.74) is 3.05. The minimum Gasteiger partial charge on any atom is -0.271 e. The van der Waals surface area contributed by atoms with Crippen LogP contribution in [0.3, 0.4) is 0 Å². The summed E-state index contributed by atoms with van der Waals surface area (Å²) >= 11 is 12.0. The Bertz CT molecular complexity index is 600. The van der Waals surface area contributed by atoms with E-state index < -0.39 is 17.7 Å². The third kappa shape index (κ3) is 3.27. The van der Waals surface area contributed by atoms with Crippen molar-refractivity contribution in [3.63, 3.8) is 0 Å². The predicted molar refractivity (Wildman–Crippen MR) is 76.6 cm³/mol. The maximum atomic E-state index is 13.7. The largest absolute Gasteiger partial charge is 0.271 e. The van der Waals surface area contributed by atoms with Gasteiger partial charge in [-0.2, -0.15) is 0 Å². The van der Waals surface area contributed by atoms with Gasteiger partial charge in [-0.1, -0.05) is 29.3 Å². The highest BCUT2D eigenvalue weighted by molar-refractivity contribution is 6.33. The molecule has 2 aromatic carbocycles. The lowest BCUT2D eigenvalue weighted by Crippen LogP contribution is -2.30. The van der Waals surface area contributed by atoms with E-state index in [9.17, 15) is 8.78 Å². The molecule has 1 unspecified atom stereocenters. The number of halogens is 4. The van der Waals surface area contributed by atoms with Crippen molar-refractivity contribution in [2.75, 3.05) is 0 Å². The van der Waals surface area contributed by atoms with Gasteiger partial charge in [-0.3, -0.25) is 11.3 Å². The molecule has 0 bridgehead atoms. The van der Waals surface area contributed by atoms with Gasteiger partial charge in [-0.15, -0.1) is 0 Å². The minimum absolute atomic E-state index is 0.0229. The van der Waals surface area contributed by atoms with Gasteiger partial charge < -0.3 is 0 Å². The van der Waals surface area contributed by atoms with Crippen LogP contribution in [0.4, 0.5) is 8.78 Å². The standard InChI is InChI=1S/C14H12Cl2F2N2/c15-8-4-5-11(16)9(6-8)14(20-19)7-10-12(17)2-1-3-13(10)18/h1-6,14,20H,7,19H2. The molecule has 0 spiro atoms. The molecule has 1 atom stereocenters. The van der Waals surface area contributed by atoms with Crippen molar-refractivity contribution in [3.05, 3.63) is 69.2 Å². The molecule has 2 nitrogen and oxygen atoms in total. The highest BCUT2D eigenvalue weighted by Gasteiger charge is 2.19. The topological polar surface area (TPSA) is 38.0 Å². The molecule has 0 saturated heterocycles. The van der Waals surface area contributed by atoms with Crippen LogP contribution in [-0.2, 0) is 6.42 Å². The van der Waals surface area contributed by atoms with Crippen molar-refractivity contribution in [2.45, 2.75) is 12.5 Å². The van der Waals surface area contributed by atoms with Crippen molar-refractivity contribution in [3.8, 4) is 0 Å². The summed E-state index contributed by atoms with van der Waals surface area (Å²) in [5.74, 6) is 4.23. The first-order valence-corrected chi connectivity index (χ1v) is 6.62. The number of nitrogens with two attached hydrogens (primary N) is 1. The molecular weight excluding hydrogens is 305 g/mol. The highest BCUT2D eigenvalue weighted by Crippen LogP contribution is 2.29. The molecule has 0 aliphatic carbocycles. The van der Waals surface area contributed by atoms with Gasteiger partial charge in [-0.05, 0) is 42.3 Å². The molecule has 2 aromatic rings. The molecule has 0 radical (unpaired) electrons. The Labute approximate surface area is 125 Å². The van der Waals surface area contributed by atoms with Crippen LogP contribution >= 0.6 is 23.2 Å². The van der Waals surface area contributed by atoms with Gasteiger partial charge in [0.25, 0.3) is 0 Å². The highest BCUT2D eigenvalue weighted by atomic mass is 35.5. The van der Waals surface area contributed by atoms with Crippen molar-refractivity contribution >= 4 is 23.2 Å². The molecule has 0 saturated carbocycles. The zero-order valence-electron chi connectivity index (χ0n) is 10.3. The lowest BCUT2D eigenvalue weighted by Gasteiger charge is -2.18. The second kappa shape index (κ2) is 6.50. The Morgan fingerprint density at radius 3 is 2.35 bits per heavy atom. The first kappa shape index (κ1) is 15.2. The van der Waals surface area contributed by atoms with Crippen molar-refractivity contribution < 1.29 is 8.78 Å². The minimum atomic E-state index is -0.622. The Balaban J connectivity index is 2.36. The average Bonchev–Trinajstić information content (AvgIpc) is 2.42. The number of hydrogen-bond donors (Lipinski definition) is 2. The number of rotatable bonds is 4. The third-order valence-corrected chi connectivity index (χ3v) is 3.58. The molecule has 0 aliphatic heterocycles. The fourth-order valence-corrected chi connectivity index (χ4v) is 2.40. The average molecular weight is 317 g/mol. The lowest BCUT2D eigenvalue weighted by atomic mass is 9.98. The maximum Gasteiger partial charge on any atom is 0.129 e. The molecule has 106 valence electrons. The fraction of sp³-hybridized carbons (Fsp3) is 0.143. The van der Waals surface area contributed by atoms with E-state index in [0.29, 0.717) is 15.6 Å². The van der Waals surface area contributed by atoms with Gasteiger partial charge in [0.15, 0.2) is 0 Å². The third-order valence-electron chi connectivity index (χ3n) is 3.00. The number of hydrazine groups is 1. The Kier molecular flexibility index (Phi) is 4.94. The second-order valence-electron chi connectivity index (χ2n) is 4.29. The van der Waals surface area contributed by atoms with Gasteiger partial charge in [0.2, 0.25) is 0 Å². The molecule has 6 heteroatoms. The van der Waals surface area contributed by atoms with Gasteiger partial charge in [0.1, 0.15) is 11.6 Å². The summed E-state index contributed by atoms with van der Waals surface area (Å²) in [6.45, 7) is 0. The summed E-state index contributed by atoms with van der Waals surface area (Å²) in [6.07, 6.45) is 0.0229. The van der Waals surface area contributed by atoms with E-state index in [2.05, 4.69) is 5.43 Å². The first-order valence-electron chi connectivity index (χ1n) is 5.87. The van der Waals surface area contributed by atoms with Crippen LogP contribution in [-0.4, -0.2) is 0 Å². The van der Waals surface area contributed by atoms with Gasteiger partial charge >= 0.3 is 0 Å². The molecule has 20 heavy (non-hydrogen) atoms. The predicted octanol–water partition coefficient (Wildman–Crippen LogP) is 4.02. The van der Waals surface area contributed by atoms with Crippen molar-refractivity contribution in [1.82, 2.24) is 5.43 Å². The summed E-state index contributed by atoms with van der Waals surface area (Å²) in [7, 11) is 0. The van der Waals surface area contributed by atoms with E-state index in [1.54, 1.807) is 18.2 Å². The van der Waals surface area contributed by atoms with Crippen LogP contribution in [0.15, 0.2) is 36.4 Å². The Morgan fingerprint density at radius 1 is 1.10 bits per heavy atom. The monoisotopic (exact) mass is 316 g/mol. The zero-order chi connectivity index (χ0) is 14.7. The normalized spacial score (nSPS) is 12.4. The number of nitrogens with one attached hydrogen (secondary N) is 1. The fourth-order valence-electron chi connectivity index (χ4n) is 1.97. The van der Waals surface area contributed by atoms with Crippen LogP contribution in [0, 0.1) is 11.6 Å². The van der Waals surface area contributed by atoms with E-state index in [1.165, 1.54) is 18.2 Å². The molecule has 0 aliphatic rings. The maximum absolute atomic E-state index is 13.7.